The molecule has 50 valence electrons. The van der Waals surface area contributed by atoms with E-state index in [1.807, 2.05) is 6.92 Å². The zero-order valence-electron chi connectivity index (χ0n) is 5.16. The van der Waals surface area contributed by atoms with Crippen LogP contribution in [-0.2, 0) is 14.3 Å². The third-order valence-corrected chi connectivity index (χ3v) is 1.05. The lowest BCUT2D eigenvalue weighted by molar-refractivity contribution is -0.142. The highest BCUT2D eigenvalue weighted by molar-refractivity contribution is 5.81. The summed E-state index contributed by atoms with van der Waals surface area (Å²) in [6.07, 6.45) is 0.860. The number of ether oxygens (including phenoxy) is 2. The number of rotatable bonds is 2. The Labute approximate surface area is 53.3 Å². The highest BCUT2D eigenvalue weighted by Crippen LogP contribution is 2.21. The molecule has 9 heavy (non-hydrogen) atoms. The Bertz CT molecular complexity index is 141. The Morgan fingerprint density at radius 2 is 2.44 bits per heavy atom. The molecular weight excluding hydrogens is 120 g/mol. The summed E-state index contributed by atoms with van der Waals surface area (Å²) in [4.78, 5) is 10.4. The average molecular weight is 128 g/mol. The van der Waals surface area contributed by atoms with Crippen molar-refractivity contribution in [1.29, 1.82) is 0 Å². The first-order valence-corrected chi connectivity index (χ1v) is 2.72. The van der Waals surface area contributed by atoms with Gasteiger partial charge in [0, 0.05) is 6.08 Å². The van der Waals surface area contributed by atoms with E-state index in [-0.39, 0.29) is 12.4 Å². The Morgan fingerprint density at radius 3 is 2.78 bits per heavy atom. The minimum atomic E-state index is -0.427. The van der Waals surface area contributed by atoms with Crippen molar-refractivity contribution in [3.63, 3.8) is 0 Å². The molecule has 3 heteroatoms. The number of epoxide rings is 1. The average Bonchev–Trinajstić information content (AvgIpc) is 2.47. The zero-order chi connectivity index (χ0) is 6.85. The largest absolute Gasteiger partial charge is 0.430 e. The first-order chi connectivity index (χ1) is 4.24. The molecule has 0 aliphatic carbocycles. The molecule has 1 fully saturated rings. The van der Waals surface area contributed by atoms with E-state index in [1.54, 1.807) is 0 Å². The first kappa shape index (κ1) is 6.29. The molecule has 1 rings (SSSR count). The lowest BCUT2D eigenvalue weighted by Crippen LogP contribution is -2.04. The maximum atomic E-state index is 10.4. The van der Waals surface area contributed by atoms with Crippen LogP contribution >= 0.6 is 0 Å². The van der Waals surface area contributed by atoms with E-state index >= 15 is 0 Å². The van der Waals surface area contributed by atoms with Gasteiger partial charge in [0.15, 0.2) is 0 Å². The normalized spacial score (nSPS) is 31.2. The van der Waals surface area contributed by atoms with Crippen LogP contribution in [0.5, 0.6) is 0 Å². The van der Waals surface area contributed by atoms with Crippen molar-refractivity contribution in [2.75, 3.05) is 0 Å². The molecule has 1 aliphatic rings. The van der Waals surface area contributed by atoms with Crippen LogP contribution in [0.4, 0.5) is 0 Å². The Kier molecular flexibility index (Phi) is 1.53. The van der Waals surface area contributed by atoms with Gasteiger partial charge in [0.05, 0.1) is 0 Å². The molecular formula is C6H8O3. The van der Waals surface area contributed by atoms with Crippen LogP contribution < -0.4 is 0 Å². The van der Waals surface area contributed by atoms with Crippen LogP contribution in [0.15, 0.2) is 12.7 Å². The summed E-state index contributed by atoms with van der Waals surface area (Å²) in [5, 5.41) is 0. The molecule has 0 aromatic heterocycles. The minimum Gasteiger partial charge on any atom is -0.430 e. The van der Waals surface area contributed by atoms with Gasteiger partial charge >= 0.3 is 5.97 Å². The lowest BCUT2D eigenvalue weighted by Gasteiger charge is -1.91. The molecule has 1 saturated heterocycles. The third kappa shape index (κ3) is 1.54. The number of esters is 1. The monoisotopic (exact) mass is 128 g/mol. The van der Waals surface area contributed by atoms with Crippen LogP contribution in [0.2, 0.25) is 0 Å². The molecule has 0 saturated carbocycles. The fourth-order valence-electron chi connectivity index (χ4n) is 0.452. The summed E-state index contributed by atoms with van der Waals surface area (Å²) in [5.41, 5.74) is 0. The molecule has 0 bridgehead atoms. The van der Waals surface area contributed by atoms with Gasteiger partial charge in [0.2, 0.25) is 6.29 Å². The van der Waals surface area contributed by atoms with Crippen molar-refractivity contribution in [2.24, 2.45) is 0 Å². The Balaban J connectivity index is 2.19. The molecule has 1 heterocycles. The van der Waals surface area contributed by atoms with E-state index in [1.165, 1.54) is 0 Å². The number of hydrogen-bond acceptors (Lipinski definition) is 3. The fraction of sp³-hybridized carbons (Fsp3) is 0.500. The molecule has 1 aliphatic heterocycles. The number of carbonyl (C=O) groups excluding carboxylic acids is 1. The molecule has 0 radical (unpaired) electrons. The molecule has 0 spiro atoms. The van der Waals surface area contributed by atoms with Crippen LogP contribution in [0.25, 0.3) is 0 Å². The summed E-state index contributed by atoms with van der Waals surface area (Å²) >= 11 is 0. The van der Waals surface area contributed by atoms with Gasteiger partial charge in [-0.3, -0.25) is 0 Å². The predicted octanol–water partition coefficient (Wildman–Crippen LogP) is 0.460. The van der Waals surface area contributed by atoms with Crippen molar-refractivity contribution < 1.29 is 14.3 Å². The standard InChI is InChI=1S/C6H8O3/c1-3-5(7)9-6-4(2)8-6/h3-4,6H,1H2,2H3. The van der Waals surface area contributed by atoms with Gasteiger partial charge in [-0.15, -0.1) is 0 Å². The van der Waals surface area contributed by atoms with Crippen LogP contribution in [-0.4, -0.2) is 18.4 Å². The zero-order valence-corrected chi connectivity index (χ0v) is 5.16. The van der Waals surface area contributed by atoms with Gasteiger partial charge < -0.3 is 9.47 Å². The summed E-state index contributed by atoms with van der Waals surface area (Å²) in [7, 11) is 0. The van der Waals surface area contributed by atoms with Gasteiger partial charge in [-0.05, 0) is 6.92 Å². The number of hydrogen-bond donors (Lipinski definition) is 0. The van der Waals surface area contributed by atoms with Crippen LogP contribution in [0, 0.1) is 0 Å². The second kappa shape index (κ2) is 2.19. The molecule has 0 amide bonds. The van der Waals surface area contributed by atoms with Gasteiger partial charge in [0.25, 0.3) is 0 Å². The molecule has 2 atom stereocenters. The Morgan fingerprint density at radius 1 is 1.89 bits per heavy atom. The molecule has 2 unspecified atom stereocenters. The fourth-order valence-corrected chi connectivity index (χ4v) is 0.452. The number of carbonyl (C=O) groups is 1. The molecule has 0 aromatic carbocycles. The molecule has 0 N–H and O–H groups in total. The SMILES string of the molecule is C=CC(=O)OC1OC1C. The lowest BCUT2D eigenvalue weighted by atomic mass is 10.5. The van der Waals surface area contributed by atoms with Crippen LogP contribution in [0.1, 0.15) is 6.92 Å². The topological polar surface area (TPSA) is 38.8 Å². The molecule has 3 nitrogen and oxygen atoms in total. The minimum absolute atomic E-state index is 0.0638. The van der Waals surface area contributed by atoms with Crippen LogP contribution in [0.3, 0.4) is 0 Å². The van der Waals surface area contributed by atoms with Crippen molar-refractivity contribution >= 4 is 5.97 Å². The van der Waals surface area contributed by atoms with E-state index in [0.29, 0.717) is 0 Å². The van der Waals surface area contributed by atoms with Gasteiger partial charge in [-0.1, -0.05) is 6.58 Å². The van der Waals surface area contributed by atoms with Crippen molar-refractivity contribution in [3.8, 4) is 0 Å². The summed E-state index contributed by atoms with van der Waals surface area (Å²) in [6, 6.07) is 0. The van der Waals surface area contributed by atoms with E-state index < -0.39 is 5.97 Å². The second-order valence-corrected chi connectivity index (χ2v) is 1.85. The first-order valence-electron chi connectivity index (χ1n) is 2.72. The summed E-state index contributed by atoms with van der Waals surface area (Å²) < 4.78 is 9.44. The van der Waals surface area contributed by atoms with Gasteiger partial charge in [-0.2, -0.15) is 0 Å². The van der Waals surface area contributed by atoms with Gasteiger partial charge in [0.1, 0.15) is 6.10 Å². The maximum absolute atomic E-state index is 10.4. The van der Waals surface area contributed by atoms with Crippen molar-refractivity contribution in [1.82, 2.24) is 0 Å². The highest BCUT2D eigenvalue weighted by atomic mass is 16.8. The smallest absolute Gasteiger partial charge is 0.332 e. The predicted molar refractivity (Wildman–Crippen MR) is 30.6 cm³/mol. The van der Waals surface area contributed by atoms with Gasteiger partial charge in [-0.25, -0.2) is 4.79 Å². The van der Waals surface area contributed by atoms with E-state index in [0.717, 1.165) is 6.08 Å². The third-order valence-electron chi connectivity index (χ3n) is 1.05. The second-order valence-electron chi connectivity index (χ2n) is 1.85. The summed E-state index contributed by atoms with van der Waals surface area (Å²) in [6.45, 7) is 5.07. The van der Waals surface area contributed by atoms with Crippen molar-refractivity contribution in [2.45, 2.75) is 19.3 Å². The van der Waals surface area contributed by atoms with Crippen molar-refractivity contribution in [3.05, 3.63) is 12.7 Å². The maximum Gasteiger partial charge on any atom is 0.332 e. The highest BCUT2D eigenvalue weighted by Gasteiger charge is 2.37. The van der Waals surface area contributed by atoms with E-state index in [2.05, 4.69) is 11.3 Å². The summed E-state index contributed by atoms with van der Waals surface area (Å²) in [5.74, 6) is -0.427. The molecule has 0 aromatic rings. The van der Waals surface area contributed by atoms with E-state index in [9.17, 15) is 4.79 Å². The van der Waals surface area contributed by atoms with E-state index in [4.69, 9.17) is 4.74 Å². The Hall–Kier alpha value is -0.830. The quantitative estimate of drug-likeness (QED) is 0.308.